The zero-order valence-electron chi connectivity index (χ0n) is 11.9. The third kappa shape index (κ3) is 4.18. The number of benzene rings is 1. The lowest BCUT2D eigenvalue weighted by Gasteiger charge is -2.30. The maximum absolute atomic E-state index is 13.3. The first-order valence-corrected chi connectivity index (χ1v) is 6.78. The van der Waals surface area contributed by atoms with Gasteiger partial charge in [-0.3, -0.25) is 4.79 Å². The van der Waals surface area contributed by atoms with Crippen molar-refractivity contribution in [1.29, 1.82) is 0 Å². The van der Waals surface area contributed by atoms with Crippen LogP contribution in [0.5, 0.6) is 0 Å². The Morgan fingerprint density at radius 1 is 1.45 bits per heavy atom. The van der Waals surface area contributed by atoms with Gasteiger partial charge in [0.25, 0.3) is 0 Å². The van der Waals surface area contributed by atoms with Crippen molar-refractivity contribution < 1.29 is 9.18 Å². The van der Waals surface area contributed by atoms with Crippen molar-refractivity contribution in [1.82, 2.24) is 10.6 Å². The van der Waals surface area contributed by atoms with Crippen LogP contribution in [0, 0.1) is 11.7 Å². The lowest BCUT2D eigenvalue weighted by atomic mass is 9.91. The second kappa shape index (κ2) is 7.04. The van der Waals surface area contributed by atoms with E-state index in [4.69, 9.17) is 0 Å². The average Bonchev–Trinajstić information content (AvgIpc) is 2.39. The van der Waals surface area contributed by atoms with E-state index in [9.17, 15) is 9.18 Å². The summed E-state index contributed by atoms with van der Waals surface area (Å²) in [6, 6.07) is 6.38. The first-order chi connectivity index (χ1) is 8.99. The molecule has 1 aromatic rings. The van der Waals surface area contributed by atoms with Crippen molar-refractivity contribution >= 4 is 18.3 Å². The van der Waals surface area contributed by atoms with Gasteiger partial charge in [-0.15, -0.1) is 12.4 Å². The second-order valence-electron chi connectivity index (χ2n) is 5.67. The van der Waals surface area contributed by atoms with Gasteiger partial charge in [-0.05, 0) is 50.9 Å². The number of hydrogen-bond acceptors (Lipinski definition) is 2. The van der Waals surface area contributed by atoms with Crippen LogP contribution in [0.15, 0.2) is 24.3 Å². The Hall–Kier alpha value is -1.13. The first-order valence-electron chi connectivity index (χ1n) is 6.78. The molecule has 3 nitrogen and oxygen atoms in total. The lowest BCUT2D eigenvalue weighted by molar-refractivity contribution is -0.127. The molecule has 1 amide bonds. The van der Waals surface area contributed by atoms with Gasteiger partial charge in [-0.2, -0.15) is 0 Å². The molecule has 1 heterocycles. The molecule has 20 heavy (non-hydrogen) atoms. The lowest BCUT2D eigenvalue weighted by Crippen LogP contribution is -2.47. The Morgan fingerprint density at radius 3 is 2.80 bits per heavy atom. The van der Waals surface area contributed by atoms with E-state index in [1.54, 1.807) is 6.07 Å². The number of carbonyl (C=O) groups excluding carboxylic acids is 1. The highest BCUT2D eigenvalue weighted by atomic mass is 35.5. The molecule has 1 saturated heterocycles. The minimum atomic E-state index is -0.559. The van der Waals surface area contributed by atoms with Crippen LogP contribution in [0.1, 0.15) is 32.3 Å². The van der Waals surface area contributed by atoms with Crippen LogP contribution in [0.25, 0.3) is 0 Å². The molecule has 5 heteroatoms. The van der Waals surface area contributed by atoms with Crippen LogP contribution in [0.2, 0.25) is 0 Å². The third-order valence-electron chi connectivity index (χ3n) is 3.65. The Balaban J connectivity index is 0.00000200. The number of rotatable bonds is 3. The van der Waals surface area contributed by atoms with Gasteiger partial charge in [0.05, 0.1) is 11.5 Å². The Labute approximate surface area is 125 Å². The summed E-state index contributed by atoms with van der Waals surface area (Å²) in [7, 11) is 0. The van der Waals surface area contributed by atoms with Gasteiger partial charge in [0.1, 0.15) is 5.82 Å². The molecule has 1 aromatic carbocycles. The van der Waals surface area contributed by atoms with Gasteiger partial charge in [0, 0.05) is 6.54 Å². The molecule has 2 N–H and O–H groups in total. The fourth-order valence-corrected chi connectivity index (χ4v) is 2.44. The molecule has 112 valence electrons. The van der Waals surface area contributed by atoms with Crippen molar-refractivity contribution in [3.05, 3.63) is 35.6 Å². The van der Waals surface area contributed by atoms with E-state index in [1.165, 1.54) is 12.1 Å². The predicted molar refractivity (Wildman–Crippen MR) is 80.4 cm³/mol. The summed E-state index contributed by atoms with van der Waals surface area (Å²) in [5.74, 6) is -0.220. The van der Waals surface area contributed by atoms with Crippen LogP contribution < -0.4 is 10.6 Å². The fourth-order valence-electron chi connectivity index (χ4n) is 2.44. The summed E-state index contributed by atoms with van der Waals surface area (Å²) in [6.07, 6.45) is 1.94. The molecule has 0 radical (unpaired) electrons. The summed E-state index contributed by atoms with van der Waals surface area (Å²) in [6.45, 7) is 5.51. The second-order valence-corrected chi connectivity index (χ2v) is 5.67. The molecule has 0 aromatic heterocycles. The third-order valence-corrected chi connectivity index (χ3v) is 3.65. The minimum absolute atomic E-state index is 0. The molecule has 0 saturated carbocycles. The minimum Gasteiger partial charge on any atom is -0.347 e. The number of carbonyl (C=O) groups is 1. The van der Waals surface area contributed by atoms with E-state index < -0.39 is 5.54 Å². The summed E-state index contributed by atoms with van der Waals surface area (Å²) >= 11 is 0. The zero-order chi connectivity index (χ0) is 13.9. The van der Waals surface area contributed by atoms with Crippen LogP contribution in [-0.4, -0.2) is 19.0 Å². The van der Waals surface area contributed by atoms with E-state index in [0.717, 1.165) is 31.5 Å². The van der Waals surface area contributed by atoms with Crippen molar-refractivity contribution in [2.75, 3.05) is 13.1 Å². The topological polar surface area (TPSA) is 41.1 Å². The van der Waals surface area contributed by atoms with E-state index in [0.29, 0.717) is 0 Å². The highest BCUT2D eigenvalue weighted by molar-refractivity contribution is 5.85. The molecule has 1 fully saturated rings. The summed E-state index contributed by atoms with van der Waals surface area (Å²) in [4.78, 5) is 12.2. The molecular weight excluding hydrogens is 279 g/mol. The van der Waals surface area contributed by atoms with Crippen molar-refractivity contribution in [2.45, 2.75) is 32.2 Å². The summed E-state index contributed by atoms with van der Waals surface area (Å²) < 4.78 is 13.3. The predicted octanol–water partition coefficient (Wildman–Crippen LogP) is 2.60. The number of halogens is 2. The molecule has 0 spiro atoms. The SMILES string of the molecule is CC(C)(NC(=O)C1CCCNC1)c1cccc(F)c1.Cl. The molecular formula is C15H22ClFN2O. The van der Waals surface area contributed by atoms with Crippen molar-refractivity contribution in [3.8, 4) is 0 Å². The zero-order valence-corrected chi connectivity index (χ0v) is 12.7. The normalized spacial score (nSPS) is 19.1. The molecule has 1 unspecified atom stereocenters. The average molecular weight is 301 g/mol. The molecule has 1 aliphatic heterocycles. The standard InChI is InChI=1S/C15H21FN2O.ClH/c1-15(2,12-6-3-7-13(16)9-12)18-14(19)11-5-4-8-17-10-11;/h3,6-7,9,11,17H,4-5,8,10H2,1-2H3,(H,18,19);1H. The molecule has 1 atom stereocenters. The number of hydrogen-bond donors (Lipinski definition) is 2. The van der Waals surface area contributed by atoms with Gasteiger partial charge >= 0.3 is 0 Å². The highest BCUT2D eigenvalue weighted by Crippen LogP contribution is 2.22. The molecule has 2 rings (SSSR count). The van der Waals surface area contributed by atoms with Crippen LogP contribution in [-0.2, 0) is 10.3 Å². The van der Waals surface area contributed by atoms with Crippen LogP contribution in [0.3, 0.4) is 0 Å². The fraction of sp³-hybridized carbons (Fsp3) is 0.533. The van der Waals surface area contributed by atoms with Crippen molar-refractivity contribution in [3.63, 3.8) is 0 Å². The van der Waals surface area contributed by atoms with Gasteiger partial charge in [-0.1, -0.05) is 12.1 Å². The Kier molecular flexibility index (Phi) is 5.96. The largest absolute Gasteiger partial charge is 0.347 e. The van der Waals surface area contributed by atoms with Crippen LogP contribution in [0.4, 0.5) is 4.39 Å². The molecule has 0 bridgehead atoms. The van der Waals surface area contributed by atoms with Crippen LogP contribution >= 0.6 is 12.4 Å². The summed E-state index contributed by atoms with van der Waals surface area (Å²) in [5, 5.41) is 6.25. The molecule has 0 aliphatic carbocycles. The molecule has 1 aliphatic rings. The number of amides is 1. The van der Waals surface area contributed by atoms with Gasteiger partial charge in [0.2, 0.25) is 5.91 Å². The number of nitrogens with one attached hydrogen (secondary N) is 2. The maximum atomic E-state index is 13.3. The van der Waals surface area contributed by atoms with Gasteiger partial charge in [-0.25, -0.2) is 4.39 Å². The number of piperidine rings is 1. The maximum Gasteiger partial charge on any atom is 0.225 e. The van der Waals surface area contributed by atoms with E-state index in [2.05, 4.69) is 10.6 Å². The van der Waals surface area contributed by atoms with Crippen molar-refractivity contribution in [2.24, 2.45) is 5.92 Å². The quantitative estimate of drug-likeness (QED) is 0.901. The van der Waals surface area contributed by atoms with E-state index >= 15 is 0 Å². The van der Waals surface area contributed by atoms with E-state index in [1.807, 2.05) is 19.9 Å². The smallest absolute Gasteiger partial charge is 0.225 e. The Bertz CT molecular complexity index is 459. The van der Waals surface area contributed by atoms with Gasteiger partial charge < -0.3 is 10.6 Å². The van der Waals surface area contributed by atoms with E-state index in [-0.39, 0.29) is 30.0 Å². The summed E-state index contributed by atoms with van der Waals surface area (Å²) in [5.41, 5.74) is 0.223. The highest BCUT2D eigenvalue weighted by Gasteiger charge is 2.28. The monoisotopic (exact) mass is 300 g/mol. The van der Waals surface area contributed by atoms with Gasteiger partial charge in [0.15, 0.2) is 0 Å². The Morgan fingerprint density at radius 2 is 2.20 bits per heavy atom. The first kappa shape index (κ1) is 16.9.